The van der Waals surface area contributed by atoms with Crippen LogP contribution in [-0.4, -0.2) is 49.4 Å². The Bertz CT molecular complexity index is 274. The fraction of sp³-hybridized carbons (Fsp3) is 0.923. The number of carbonyl (C=O) groups excluding carboxylic acids is 1. The summed E-state index contributed by atoms with van der Waals surface area (Å²) >= 11 is 0. The molecule has 1 aliphatic heterocycles. The molecular weight excluding hydrogens is 252 g/mol. The van der Waals surface area contributed by atoms with Gasteiger partial charge in [0, 0.05) is 6.61 Å². The van der Waals surface area contributed by atoms with Gasteiger partial charge in [0.15, 0.2) is 13.1 Å². The highest BCUT2D eigenvalue weighted by atomic mass is 18.2. The van der Waals surface area contributed by atoms with Crippen LogP contribution in [0.5, 0.6) is 0 Å². The van der Waals surface area contributed by atoms with Crippen LogP contribution in [0.1, 0.15) is 40.0 Å². The van der Waals surface area contributed by atoms with E-state index in [2.05, 4.69) is 0 Å². The number of carbonyl (C=O) groups is 1. The normalized spacial score (nSPS) is 20.1. The molecule has 1 atom stereocenters. The van der Waals surface area contributed by atoms with E-state index in [0.717, 1.165) is 24.2 Å². The molecule has 1 heterocycles. The van der Waals surface area contributed by atoms with Crippen molar-refractivity contribution in [3.05, 3.63) is 0 Å². The summed E-state index contributed by atoms with van der Waals surface area (Å²) in [5, 5.41) is 0. The van der Waals surface area contributed by atoms with E-state index in [1.54, 1.807) is 20.8 Å². The number of alkyl halides is 1. The topological polar surface area (TPSA) is 48.0 Å². The summed E-state index contributed by atoms with van der Waals surface area (Å²) in [6.45, 7) is 5.45. The van der Waals surface area contributed by atoms with Gasteiger partial charge in [-0.2, -0.15) is 0 Å². The Balaban J connectivity index is 2.25. The molecule has 0 aromatic heterocycles. The number of ether oxygens (including phenoxy) is 3. The molecule has 0 spiro atoms. The van der Waals surface area contributed by atoms with E-state index in [1.807, 2.05) is 0 Å². The lowest BCUT2D eigenvalue weighted by Crippen LogP contribution is -2.39. The average molecular weight is 276 g/mol. The van der Waals surface area contributed by atoms with Gasteiger partial charge in [0.05, 0.1) is 13.2 Å². The van der Waals surface area contributed by atoms with E-state index in [-0.39, 0.29) is 19.4 Å². The third-order valence-electron chi connectivity index (χ3n) is 2.60. The van der Waals surface area contributed by atoms with Crippen LogP contribution in [0, 0.1) is 0 Å². The predicted molar refractivity (Wildman–Crippen MR) is 68.5 cm³/mol. The van der Waals surface area contributed by atoms with Crippen LogP contribution < -0.4 is 0 Å². The second kappa shape index (κ2) is 7.65. The summed E-state index contributed by atoms with van der Waals surface area (Å²) in [5.41, 5.74) is -0.627. The molecule has 1 rings (SSSR count). The third kappa shape index (κ3) is 6.73. The van der Waals surface area contributed by atoms with Gasteiger partial charge in [-0.15, -0.1) is 0 Å². The Hall–Kier alpha value is -0.880. The van der Waals surface area contributed by atoms with Gasteiger partial charge in [-0.3, -0.25) is 4.90 Å². The van der Waals surface area contributed by atoms with Crippen LogP contribution >= 0.6 is 0 Å². The Morgan fingerprint density at radius 3 is 2.68 bits per heavy atom. The monoisotopic (exact) mass is 276 g/mol. The highest BCUT2D eigenvalue weighted by molar-refractivity contribution is 5.67. The Morgan fingerprint density at radius 2 is 2.16 bits per heavy atom. The van der Waals surface area contributed by atoms with Crippen LogP contribution in [0.3, 0.4) is 0 Å². The first-order chi connectivity index (χ1) is 8.92. The van der Waals surface area contributed by atoms with Gasteiger partial charge in [-0.25, -0.2) is 9.18 Å². The molecule has 5 nitrogen and oxygen atoms in total. The molecule has 0 aliphatic carbocycles. The van der Waals surface area contributed by atoms with Crippen molar-refractivity contribution < 1.29 is 23.4 Å². The maximum Gasteiger partial charge on any atom is 0.412 e. The van der Waals surface area contributed by atoms with Crippen molar-refractivity contribution in [2.24, 2.45) is 0 Å². The van der Waals surface area contributed by atoms with Gasteiger partial charge in [0.2, 0.25) is 0 Å². The van der Waals surface area contributed by atoms with E-state index >= 15 is 0 Å². The minimum Gasteiger partial charge on any atom is -0.444 e. The lowest BCUT2D eigenvalue weighted by atomic mass is 10.2. The number of nitrogens with zero attached hydrogens (tertiary/aromatic N) is 1. The van der Waals surface area contributed by atoms with Crippen molar-refractivity contribution in [3.63, 3.8) is 0 Å². The quantitative estimate of drug-likeness (QED) is 0.724. The lowest BCUT2D eigenvalue weighted by Gasteiger charge is -2.27. The van der Waals surface area contributed by atoms with Gasteiger partial charge in [-0.1, -0.05) is 0 Å². The zero-order chi connectivity index (χ0) is 14.3. The molecule has 0 saturated carbocycles. The fourth-order valence-corrected chi connectivity index (χ4v) is 1.66. The van der Waals surface area contributed by atoms with Crippen LogP contribution in [0.4, 0.5) is 9.18 Å². The highest BCUT2D eigenvalue weighted by Gasteiger charge is 2.22. The molecule has 0 aromatic carbocycles. The molecule has 1 amide bonds. The molecule has 1 aliphatic rings. The van der Waals surface area contributed by atoms with Gasteiger partial charge in [-0.05, 0) is 40.0 Å². The zero-order valence-corrected chi connectivity index (χ0v) is 12.0. The first-order valence-electron chi connectivity index (χ1n) is 6.69. The Kier molecular flexibility index (Phi) is 6.51. The van der Waals surface area contributed by atoms with Gasteiger partial charge in [0.1, 0.15) is 5.60 Å². The first-order valence-corrected chi connectivity index (χ1v) is 6.69. The zero-order valence-electron chi connectivity index (χ0n) is 12.0. The molecule has 0 N–H and O–H groups in total. The Morgan fingerprint density at radius 1 is 1.42 bits per heavy atom. The van der Waals surface area contributed by atoms with Crippen LogP contribution in [0.15, 0.2) is 0 Å². The van der Waals surface area contributed by atoms with Crippen molar-refractivity contribution in [2.45, 2.75) is 51.9 Å². The number of hydrogen-bond acceptors (Lipinski definition) is 4. The molecule has 1 fully saturated rings. The summed E-state index contributed by atoms with van der Waals surface area (Å²) in [5.74, 6) is 0. The van der Waals surface area contributed by atoms with E-state index in [0.29, 0.717) is 6.61 Å². The van der Waals surface area contributed by atoms with Gasteiger partial charge < -0.3 is 14.2 Å². The van der Waals surface area contributed by atoms with Crippen molar-refractivity contribution in [1.29, 1.82) is 0 Å². The summed E-state index contributed by atoms with van der Waals surface area (Å²) in [4.78, 5) is 12.6. The van der Waals surface area contributed by atoms with Crippen molar-refractivity contribution in [3.8, 4) is 0 Å². The molecular formula is C13H24FNO4. The number of rotatable bonds is 5. The number of amides is 1. The van der Waals surface area contributed by atoms with Crippen molar-refractivity contribution in [1.82, 2.24) is 4.90 Å². The molecule has 1 unspecified atom stereocenters. The minimum absolute atomic E-state index is 0.158. The maximum atomic E-state index is 12.8. The molecule has 112 valence electrons. The number of hydrogen-bond donors (Lipinski definition) is 0. The van der Waals surface area contributed by atoms with Crippen LogP contribution in [-0.2, 0) is 14.2 Å². The van der Waals surface area contributed by atoms with Crippen molar-refractivity contribution >= 4 is 6.09 Å². The number of halogens is 1. The molecule has 1 saturated heterocycles. The lowest BCUT2D eigenvalue weighted by molar-refractivity contribution is -0.164. The van der Waals surface area contributed by atoms with Gasteiger partial charge >= 0.3 is 6.09 Å². The largest absolute Gasteiger partial charge is 0.444 e. The molecule has 6 heteroatoms. The summed E-state index contributed by atoms with van der Waals surface area (Å²) in [6, 6.07) is 0. The smallest absolute Gasteiger partial charge is 0.412 e. The second-order valence-electron chi connectivity index (χ2n) is 5.53. The standard InChI is InChI=1S/C13H24FNO4/c1-13(2,3)19-12(16)15(10-14)7-9-18-11-6-4-5-8-17-11/h11H,4-10H2,1-3H3/i14-1. The van der Waals surface area contributed by atoms with Crippen LogP contribution in [0.25, 0.3) is 0 Å². The predicted octanol–water partition coefficient (Wildman–Crippen LogP) is 2.69. The Labute approximate surface area is 114 Å². The molecule has 0 radical (unpaired) electrons. The van der Waals surface area contributed by atoms with E-state index < -0.39 is 18.5 Å². The average Bonchev–Trinajstić information content (AvgIpc) is 2.33. The van der Waals surface area contributed by atoms with E-state index in [9.17, 15) is 9.18 Å². The summed E-state index contributed by atoms with van der Waals surface area (Å²) < 4.78 is 28.7. The second-order valence-corrected chi connectivity index (χ2v) is 5.53. The van der Waals surface area contributed by atoms with Gasteiger partial charge in [0.25, 0.3) is 0 Å². The van der Waals surface area contributed by atoms with E-state index in [4.69, 9.17) is 14.2 Å². The molecule has 0 aromatic rings. The third-order valence-corrected chi connectivity index (χ3v) is 2.60. The SMILES string of the molecule is CC(C)(C)OC(=O)N(C[18F])CCOC1CCCCO1. The highest BCUT2D eigenvalue weighted by Crippen LogP contribution is 2.14. The fourth-order valence-electron chi connectivity index (χ4n) is 1.66. The summed E-state index contributed by atoms with van der Waals surface area (Å²) in [6.07, 6.45) is 2.08. The van der Waals surface area contributed by atoms with Crippen LogP contribution in [0.2, 0.25) is 0 Å². The summed E-state index contributed by atoms with van der Waals surface area (Å²) in [7, 11) is 0. The first kappa shape index (κ1) is 16.2. The molecule has 19 heavy (non-hydrogen) atoms. The molecule has 0 bridgehead atoms. The minimum atomic E-state index is -0.885. The maximum absolute atomic E-state index is 12.8. The van der Waals surface area contributed by atoms with Crippen molar-refractivity contribution in [2.75, 3.05) is 26.6 Å². The van der Waals surface area contributed by atoms with E-state index in [1.165, 1.54) is 0 Å².